The van der Waals surface area contributed by atoms with Crippen LogP contribution in [-0.4, -0.2) is 9.97 Å². The van der Waals surface area contributed by atoms with E-state index >= 15 is 0 Å². The molecule has 3 nitrogen and oxygen atoms in total. The minimum atomic E-state index is 0.649. The van der Waals surface area contributed by atoms with Crippen LogP contribution in [0.5, 0.6) is 0 Å². The van der Waals surface area contributed by atoms with Crippen LogP contribution < -0.4 is 5.32 Å². The van der Waals surface area contributed by atoms with Crippen LogP contribution in [0, 0.1) is 0 Å². The Hall–Kier alpha value is -2.72. The van der Waals surface area contributed by atoms with Gasteiger partial charge in [0.2, 0.25) is 0 Å². The van der Waals surface area contributed by atoms with Gasteiger partial charge in [0.05, 0.1) is 10.2 Å². The lowest BCUT2D eigenvalue weighted by Gasteiger charge is -2.10. The normalized spacial score (nSPS) is 11.0. The SMILES string of the molecule is C=Cc1nc(NCc2cccc3ccccc23)c2sccc2n1. The molecule has 4 heteroatoms. The molecule has 0 amide bonds. The van der Waals surface area contributed by atoms with Crippen molar-refractivity contribution in [2.24, 2.45) is 0 Å². The first-order chi connectivity index (χ1) is 11.3. The van der Waals surface area contributed by atoms with Gasteiger partial charge in [0.15, 0.2) is 5.82 Å². The monoisotopic (exact) mass is 317 g/mol. The first kappa shape index (κ1) is 13.9. The standard InChI is InChI=1S/C19H15N3S/c1-2-17-21-16-10-11-23-18(16)19(22-17)20-12-14-8-5-7-13-6-3-4-9-15(13)14/h2-11H,1,12H2,(H,20,21,22). The Balaban J connectivity index is 1.71. The van der Waals surface area contributed by atoms with Crippen LogP contribution in [0.3, 0.4) is 0 Å². The first-order valence-corrected chi connectivity index (χ1v) is 8.31. The summed E-state index contributed by atoms with van der Waals surface area (Å²) in [4.78, 5) is 9.02. The van der Waals surface area contributed by atoms with Gasteiger partial charge < -0.3 is 5.32 Å². The van der Waals surface area contributed by atoms with E-state index in [4.69, 9.17) is 0 Å². The van der Waals surface area contributed by atoms with Gasteiger partial charge in [-0.15, -0.1) is 11.3 Å². The number of nitrogens with one attached hydrogen (secondary N) is 1. The van der Waals surface area contributed by atoms with Gasteiger partial charge in [0.1, 0.15) is 5.82 Å². The second kappa shape index (κ2) is 5.82. The van der Waals surface area contributed by atoms with Crippen molar-refractivity contribution < 1.29 is 0 Å². The number of anilines is 1. The van der Waals surface area contributed by atoms with Crippen molar-refractivity contribution in [3.63, 3.8) is 0 Å². The van der Waals surface area contributed by atoms with Crippen LogP contribution in [0.15, 0.2) is 60.5 Å². The van der Waals surface area contributed by atoms with Crippen molar-refractivity contribution in [1.82, 2.24) is 9.97 Å². The molecule has 0 aliphatic heterocycles. The molecule has 0 radical (unpaired) electrons. The number of rotatable bonds is 4. The Kier molecular flexibility index (Phi) is 3.52. The second-order valence-electron chi connectivity index (χ2n) is 5.26. The maximum Gasteiger partial charge on any atom is 0.154 e. The van der Waals surface area contributed by atoms with E-state index in [1.54, 1.807) is 17.4 Å². The maximum absolute atomic E-state index is 4.56. The van der Waals surface area contributed by atoms with Crippen LogP contribution in [0.1, 0.15) is 11.4 Å². The number of thiophene rings is 1. The van der Waals surface area contributed by atoms with E-state index < -0.39 is 0 Å². The van der Waals surface area contributed by atoms with Gasteiger partial charge in [-0.3, -0.25) is 0 Å². The highest BCUT2D eigenvalue weighted by molar-refractivity contribution is 7.17. The molecule has 2 heterocycles. The van der Waals surface area contributed by atoms with Gasteiger partial charge in [-0.2, -0.15) is 0 Å². The number of nitrogens with zero attached hydrogens (tertiary/aromatic N) is 2. The lowest BCUT2D eigenvalue weighted by atomic mass is 10.0. The predicted octanol–water partition coefficient (Wildman–Crippen LogP) is 5.10. The van der Waals surface area contributed by atoms with Crippen molar-refractivity contribution >= 4 is 44.2 Å². The molecule has 112 valence electrons. The molecule has 4 rings (SSSR count). The smallest absolute Gasteiger partial charge is 0.154 e. The molecular weight excluding hydrogens is 302 g/mol. The van der Waals surface area contributed by atoms with E-state index in [-0.39, 0.29) is 0 Å². The fourth-order valence-corrected chi connectivity index (χ4v) is 3.52. The van der Waals surface area contributed by atoms with E-state index in [2.05, 4.69) is 64.3 Å². The molecule has 0 fully saturated rings. The zero-order valence-corrected chi connectivity index (χ0v) is 13.3. The Morgan fingerprint density at radius 1 is 1.04 bits per heavy atom. The molecule has 0 atom stereocenters. The molecule has 0 aliphatic carbocycles. The molecule has 23 heavy (non-hydrogen) atoms. The van der Waals surface area contributed by atoms with Gasteiger partial charge in [0, 0.05) is 6.54 Å². The third-order valence-corrected chi connectivity index (χ3v) is 4.74. The minimum absolute atomic E-state index is 0.649. The summed E-state index contributed by atoms with van der Waals surface area (Å²) in [5, 5.41) is 8.02. The van der Waals surface area contributed by atoms with Gasteiger partial charge in [0.25, 0.3) is 0 Å². The van der Waals surface area contributed by atoms with Crippen molar-refractivity contribution in [3.05, 3.63) is 71.9 Å². The summed E-state index contributed by atoms with van der Waals surface area (Å²) in [6.07, 6.45) is 1.68. The van der Waals surface area contributed by atoms with Crippen LogP contribution >= 0.6 is 11.3 Å². The van der Waals surface area contributed by atoms with Crippen LogP contribution in [0.2, 0.25) is 0 Å². The lowest BCUT2D eigenvalue weighted by Crippen LogP contribution is -2.03. The summed E-state index contributed by atoms with van der Waals surface area (Å²) in [5.41, 5.74) is 2.21. The van der Waals surface area contributed by atoms with E-state index in [1.807, 2.05) is 11.4 Å². The minimum Gasteiger partial charge on any atom is -0.365 e. The molecule has 0 spiro atoms. The van der Waals surface area contributed by atoms with Gasteiger partial charge in [-0.05, 0) is 33.9 Å². The first-order valence-electron chi connectivity index (χ1n) is 7.43. The quantitative estimate of drug-likeness (QED) is 0.569. The van der Waals surface area contributed by atoms with Gasteiger partial charge in [-0.25, -0.2) is 9.97 Å². The highest BCUT2D eigenvalue weighted by Gasteiger charge is 2.08. The zero-order chi connectivity index (χ0) is 15.6. The molecule has 2 aromatic heterocycles. The van der Waals surface area contributed by atoms with Crippen molar-refractivity contribution in [2.45, 2.75) is 6.54 Å². The summed E-state index contributed by atoms with van der Waals surface area (Å²) in [6, 6.07) is 16.8. The van der Waals surface area contributed by atoms with Crippen molar-refractivity contribution in [3.8, 4) is 0 Å². The number of benzene rings is 2. The summed E-state index contributed by atoms with van der Waals surface area (Å²) < 4.78 is 1.08. The third kappa shape index (κ3) is 2.58. The summed E-state index contributed by atoms with van der Waals surface area (Å²) in [7, 11) is 0. The predicted molar refractivity (Wildman–Crippen MR) is 98.8 cm³/mol. The van der Waals surface area contributed by atoms with Crippen LogP contribution in [0.25, 0.3) is 27.1 Å². The van der Waals surface area contributed by atoms with Gasteiger partial charge >= 0.3 is 0 Å². The topological polar surface area (TPSA) is 37.8 Å². The van der Waals surface area contributed by atoms with Crippen LogP contribution in [0.4, 0.5) is 5.82 Å². The van der Waals surface area contributed by atoms with E-state index in [9.17, 15) is 0 Å². The molecule has 0 saturated carbocycles. The number of hydrogen-bond acceptors (Lipinski definition) is 4. The maximum atomic E-state index is 4.56. The fourth-order valence-electron chi connectivity index (χ4n) is 2.72. The summed E-state index contributed by atoms with van der Waals surface area (Å²) >= 11 is 1.65. The summed E-state index contributed by atoms with van der Waals surface area (Å²) in [5.74, 6) is 1.52. The van der Waals surface area contributed by atoms with Gasteiger partial charge in [-0.1, -0.05) is 49.0 Å². The molecule has 0 unspecified atom stereocenters. The van der Waals surface area contributed by atoms with Crippen LogP contribution in [-0.2, 0) is 6.54 Å². The molecule has 0 saturated heterocycles. The Bertz CT molecular complexity index is 999. The summed E-state index contributed by atoms with van der Waals surface area (Å²) in [6.45, 7) is 4.50. The molecule has 2 aromatic carbocycles. The third-order valence-electron chi connectivity index (χ3n) is 3.83. The molecule has 0 bridgehead atoms. The highest BCUT2D eigenvalue weighted by Crippen LogP contribution is 2.27. The number of fused-ring (bicyclic) bond motifs is 2. The van der Waals surface area contributed by atoms with Crippen molar-refractivity contribution in [2.75, 3.05) is 5.32 Å². The van der Waals surface area contributed by atoms with E-state index in [0.29, 0.717) is 5.82 Å². The van der Waals surface area contributed by atoms with Crippen molar-refractivity contribution in [1.29, 1.82) is 0 Å². The largest absolute Gasteiger partial charge is 0.365 e. The Morgan fingerprint density at radius 3 is 2.83 bits per heavy atom. The number of aromatic nitrogens is 2. The Labute approximate surface area is 138 Å². The average molecular weight is 317 g/mol. The zero-order valence-electron chi connectivity index (χ0n) is 12.5. The molecule has 4 aromatic rings. The second-order valence-corrected chi connectivity index (χ2v) is 6.18. The molecule has 1 N–H and O–H groups in total. The van der Waals surface area contributed by atoms with E-state index in [1.165, 1.54) is 16.3 Å². The molecule has 0 aliphatic rings. The van der Waals surface area contributed by atoms with E-state index in [0.717, 1.165) is 22.6 Å². The number of hydrogen-bond donors (Lipinski definition) is 1. The lowest BCUT2D eigenvalue weighted by molar-refractivity contribution is 1.11. The highest BCUT2D eigenvalue weighted by atomic mass is 32.1. The average Bonchev–Trinajstić information content (AvgIpc) is 3.08. The Morgan fingerprint density at radius 2 is 1.91 bits per heavy atom. The molecular formula is C19H15N3S. The fraction of sp³-hybridized carbons (Fsp3) is 0.0526.